The normalized spacial score (nSPS) is 17.5. The largest absolute Gasteiger partial charge is 0.361 e. The highest BCUT2D eigenvalue weighted by Crippen LogP contribution is 2.15. The second-order valence-corrected chi connectivity index (χ2v) is 9.04. The van der Waals surface area contributed by atoms with Gasteiger partial charge in [0.15, 0.2) is 11.5 Å². The summed E-state index contributed by atoms with van der Waals surface area (Å²) in [5, 5.41) is 8.01. The molecule has 4 rings (SSSR count). The second-order valence-electron chi connectivity index (χ2n) is 9.04. The molecule has 0 radical (unpaired) electrons. The van der Waals surface area contributed by atoms with Crippen molar-refractivity contribution >= 4 is 11.8 Å². The minimum Gasteiger partial charge on any atom is -0.361 e. The first-order valence-electron chi connectivity index (χ1n) is 11.5. The van der Waals surface area contributed by atoms with E-state index in [0.29, 0.717) is 55.8 Å². The zero-order valence-corrected chi connectivity index (χ0v) is 19.0. The summed E-state index contributed by atoms with van der Waals surface area (Å²) in [4.78, 5) is 35.2. The molecule has 2 aromatic heterocycles. The molecule has 174 valence electrons. The lowest BCUT2D eigenvalue weighted by Gasteiger charge is -2.33. The van der Waals surface area contributed by atoms with Crippen molar-refractivity contribution in [2.24, 2.45) is 5.92 Å². The number of piperazine rings is 1. The number of rotatable bonds is 8. The molecule has 10 heteroatoms. The van der Waals surface area contributed by atoms with E-state index in [1.165, 1.54) is 0 Å². The Morgan fingerprint density at radius 3 is 2.47 bits per heavy atom. The Labute approximate surface area is 187 Å². The number of carbonyl (C=O) groups is 2. The predicted molar refractivity (Wildman–Crippen MR) is 115 cm³/mol. The molecule has 2 fully saturated rings. The lowest BCUT2D eigenvalue weighted by molar-refractivity contribution is -0.130. The lowest BCUT2D eigenvalue weighted by Crippen LogP contribution is -2.48. The van der Waals surface area contributed by atoms with Crippen molar-refractivity contribution in [3.05, 3.63) is 29.2 Å². The van der Waals surface area contributed by atoms with E-state index in [4.69, 9.17) is 9.05 Å². The summed E-state index contributed by atoms with van der Waals surface area (Å²) < 4.78 is 10.6. The number of hydrogen-bond acceptors (Lipinski definition) is 8. The molecule has 0 aliphatic carbocycles. The van der Waals surface area contributed by atoms with Crippen molar-refractivity contribution in [1.29, 1.82) is 0 Å². The fourth-order valence-electron chi connectivity index (χ4n) is 4.18. The fraction of sp³-hybridized carbons (Fsp3) is 0.682. The highest BCUT2D eigenvalue weighted by molar-refractivity contribution is 5.92. The molecule has 2 amide bonds. The zero-order chi connectivity index (χ0) is 22.5. The van der Waals surface area contributed by atoms with Crippen LogP contribution in [0.25, 0.3) is 0 Å². The predicted octanol–water partition coefficient (Wildman–Crippen LogP) is 1.77. The van der Waals surface area contributed by atoms with E-state index >= 15 is 0 Å². The third-order valence-corrected chi connectivity index (χ3v) is 5.93. The van der Waals surface area contributed by atoms with Crippen LogP contribution in [0.15, 0.2) is 15.1 Å². The highest BCUT2D eigenvalue weighted by Gasteiger charge is 2.26. The van der Waals surface area contributed by atoms with Crippen molar-refractivity contribution in [2.75, 3.05) is 39.3 Å². The van der Waals surface area contributed by atoms with Crippen LogP contribution in [0.3, 0.4) is 0 Å². The molecule has 0 spiro atoms. The highest BCUT2D eigenvalue weighted by atomic mass is 16.5. The Morgan fingerprint density at radius 2 is 1.75 bits per heavy atom. The lowest BCUT2D eigenvalue weighted by atomic mass is 10.1. The smallest absolute Gasteiger partial charge is 0.276 e. The Hall–Kier alpha value is -2.75. The molecule has 0 bridgehead atoms. The van der Waals surface area contributed by atoms with Crippen molar-refractivity contribution in [3.8, 4) is 0 Å². The van der Waals surface area contributed by atoms with Gasteiger partial charge in [0.2, 0.25) is 11.8 Å². The van der Waals surface area contributed by atoms with Crippen LogP contribution >= 0.6 is 0 Å². The molecule has 0 saturated carbocycles. The summed E-state index contributed by atoms with van der Waals surface area (Å²) in [6.45, 7) is 9.15. The molecular weight excluding hydrogens is 412 g/mol. The number of likely N-dealkylation sites (tertiary alicyclic amines) is 1. The summed E-state index contributed by atoms with van der Waals surface area (Å²) >= 11 is 0. The van der Waals surface area contributed by atoms with Gasteiger partial charge in [-0.3, -0.25) is 14.5 Å². The molecule has 0 N–H and O–H groups in total. The fourth-order valence-corrected chi connectivity index (χ4v) is 4.18. The van der Waals surface area contributed by atoms with Gasteiger partial charge in [-0.05, 0) is 18.8 Å². The summed E-state index contributed by atoms with van der Waals surface area (Å²) in [5.41, 5.74) is 0.375. The van der Waals surface area contributed by atoms with Crippen LogP contribution in [0, 0.1) is 5.92 Å². The van der Waals surface area contributed by atoms with Gasteiger partial charge in [0.1, 0.15) is 5.76 Å². The van der Waals surface area contributed by atoms with Crippen molar-refractivity contribution in [2.45, 2.75) is 52.5 Å². The van der Waals surface area contributed by atoms with Gasteiger partial charge in [-0.25, -0.2) is 0 Å². The number of aromatic nitrogens is 3. The van der Waals surface area contributed by atoms with Gasteiger partial charge in [-0.15, -0.1) is 0 Å². The van der Waals surface area contributed by atoms with E-state index in [2.05, 4.69) is 34.0 Å². The monoisotopic (exact) mass is 444 g/mol. The van der Waals surface area contributed by atoms with E-state index in [1.54, 1.807) is 11.0 Å². The van der Waals surface area contributed by atoms with Gasteiger partial charge in [-0.2, -0.15) is 4.98 Å². The molecule has 2 aliphatic rings. The first-order valence-corrected chi connectivity index (χ1v) is 11.5. The Kier molecular flexibility index (Phi) is 7.19. The standard InChI is InChI=1S/C22H32N6O4/c1-16(2)13-17-14-18(24-31-17)22(30)28-11-9-26(10-12-28)15-19-23-20(32-25-19)5-6-21(29)27-7-3-4-8-27/h14,16H,3-13,15H2,1-2H3. The summed E-state index contributed by atoms with van der Waals surface area (Å²) in [7, 11) is 0. The summed E-state index contributed by atoms with van der Waals surface area (Å²) in [6, 6.07) is 1.75. The van der Waals surface area contributed by atoms with Crippen molar-refractivity contribution < 1.29 is 18.6 Å². The van der Waals surface area contributed by atoms with Crippen molar-refractivity contribution in [1.82, 2.24) is 30.0 Å². The topological polar surface area (TPSA) is 109 Å². The minimum atomic E-state index is -0.0899. The summed E-state index contributed by atoms with van der Waals surface area (Å²) in [6.07, 6.45) is 3.83. The van der Waals surface area contributed by atoms with E-state index in [1.807, 2.05) is 4.90 Å². The maximum atomic E-state index is 12.7. The third kappa shape index (κ3) is 5.73. The maximum absolute atomic E-state index is 12.7. The van der Waals surface area contributed by atoms with Gasteiger partial charge in [0.05, 0.1) is 6.54 Å². The second kappa shape index (κ2) is 10.2. The average molecular weight is 445 g/mol. The molecule has 4 heterocycles. The van der Waals surface area contributed by atoms with E-state index in [0.717, 1.165) is 51.2 Å². The van der Waals surface area contributed by atoms with Crippen LogP contribution in [-0.4, -0.2) is 81.1 Å². The number of nitrogens with zero attached hydrogens (tertiary/aromatic N) is 6. The van der Waals surface area contributed by atoms with E-state index < -0.39 is 0 Å². The zero-order valence-electron chi connectivity index (χ0n) is 19.0. The van der Waals surface area contributed by atoms with Gasteiger partial charge in [0, 0.05) is 64.6 Å². The van der Waals surface area contributed by atoms with Crippen LogP contribution in [0.5, 0.6) is 0 Å². The molecule has 2 saturated heterocycles. The maximum Gasteiger partial charge on any atom is 0.276 e. The number of aryl methyl sites for hydroxylation is 1. The first kappa shape index (κ1) is 22.4. The Balaban J connectivity index is 1.21. The average Bonchev–Trinajstić information content (AvgIpc) is 3.54. The molecule has 2 aliphatic heterocycles. The number of hydrogen-bond donors (Lipinski definition) is 0. The van der Waals surface area contributed by atoms with Gasteiger partial charge < -0.3 is 18.8 Å². The molecule has 32 heavy (non-hydrogen) atoms. The number of carbonyl (C=O) groups excluding carboxylic acids is 2. The molecule has 10 nitrogen and oxygen atoms in total. The van der Waals surface area contributed by atoms with Crippen LogP contribution in [-0.2, 0) is 24.2 Å². The van der Waals surface area contributed by atoms with Gasteiger partial charge in [0.25, 0.3) is 5.91 Å². The SMILES string of the molecule is CC(C)Cc1cc(C(=O)N2CCN(Cc3noc(CCC(=O)N4CCCC4)n3)CC2)no1. The van der Waals surface area contributed by atoms with Crippen LogP contribution < -0.4 is 0 Å². The van der Waals surface area contributed by atoms with Crippen LogP contribution in [0.2, 0.25) is 0 Å². The first-order chi connectivity index (χ1) is 15.5. The molecule has 0 atom stereocenters. The quantitative estimate of drug-likeness (QED) is 0.606. The molecule has 2 aromatic rings. The summed E-state index contributed by atoms with van der Waals surface area (Å²) in [5.74, 6) is 2.38. The van der Waals surface area contributed by atoms with E-state index in [-0.39, 0.29) is 11.8 Å². The molecular formula is C22H32N6O4. The van der Waals surface area contributed by atoms with Crippen molar-refractivity contribution in [3.63, 3.8) is 0 Å². The Bertz CT molecular complexity index is 909. The number of amides is 2. The molecule has 0 aromatic carbocycles. The third-order valence-electron chi connectivity index (χ3n) is 5.93. The minimum absolute atomic E-state index is 0.0899. The Morgan fingerprint density at radius 1 is 1.00 bits per heavy atom. The van der Waals surface area contributed by atoms with Gasteiger partial charge in [-0.1, -0.05) is 24.2 Å². The van der Waals surface area contributed by atoms with Crippen LogP contribution in [0.4, 0.5) is 0 Å². The van der Waals surface area contributed by atoms with Gasteiger partial charge >= 0.3 is 0 Å². The van der Waals surface area contributed by atoms with Crippen LogP contribution in [0.1, 0.15) is 61.1 Å². The van der Waals surface area contributed by atoms with E-state index in [9.17, 15) is 9.59 Å². The molecule has 0 unspecified atom stereocenters.